The summed E-state index contributed by atoms with van der Waals surface area (Å²) in [5.74, 6) is 0. The molecule has 0 radical (unpaired) electrons. The van der Waals surface area contributed by atoms with E-state index in [0.29, 0.717) is 24.2 Å². The fraction of sp³-hybridized carbons (Fsp3) is 0.167. The second kappa shape index (κ2) is 6.11. The first-order valence-electron chi connectivity index (χ1n) is 7.51. The standard InChI is InChI=1S/C18H17N3O2S/c1-12-2-9-17(16-8-5-14(11-20)18(12)16)21-24(22,23)15-6-3-13(10-19)4-7-15/h2-7,9,21H,8,10,19H2,1H3. The predicted molar refractivity (Wildman–Crippen MR) is 93.6 cm³/mol. The number of nitriles is 1. The Morgan fingerprint density at radius 2 is 1.92 bits per heavy atom. The van der Waals surface area contributed by atoms with Gasteiger partial charge in [0.25, 0.3) is 10.0 Å². The zero-order valence-electron chi connectivity index (χ0n) is 13.2. The van der Waals surface area contributed by atoms with Crippen LogP contribution in [0.1, 0.15) is 22.3 Å². The molecule has 24 heavy (non-hydrogen) atoms. The lowest BCUT2D eigenvalue weighted by Crippen LogP contribution is -2.14. The van der Waals surface area contributed by atoms with Crippen LogP contribution < -0.4 is 10.5 Å². The lowest BCUT2D eigenvalue weighted by Gasteiger charge is -2.14. The van der Waals surface area contributed by atoms with Crippen LogP contribution in [0.25, 0.3) is 5.57 Å². The van der Waals surface area contributed by atoms with E-state index < -0.39 is 10.0 Å². The third kappa shape index (κ3) is 2.80. The van der Waals surface area contributed by atoms with E-state index >= 15 is 0 Å². The number of fused-ring (bicyclic) bond motifs is 1. The van der Waals surface area contributed by atoms with Gasteiger partial charge in [0.1, 0.15) is 0 Å². The zero-order valence-corrected chi connectivity index (χ0v) is 14.0. The van der Waals surface area contributed by atoms with Crippen molar-refractivity contribution in [3.63, 3.8) is 0 Å². The van der Waals surface area contributed by atoms with Crippen LogP contribution in [0.2, 0.25) is 0 Å². The van der Waals surface area contributed by atoms with E-state index in [-0.39, 0.29) is 4.90 Å². The Hall–Kier alpha value is -2.62. The minimum atomic E-state index is -3.69. The summed E-state index contributed by atoms with van der Waals surface area (Å²) in [5.41, 5.74) is 10.1. The van der Waals surface area contributed by atoms with E-state index in [0.717, 1.165) is 22.3 Å². The molecule has 1 aliphatic rings. The van der Waals surface area contributed by atoms with Crippen LogP contribution in [0.5, 0.6) is 0 Å². The topological polar surface area (TPSA) is 96.0 Å². The highest BCUT2D eigenvalue weighted by Gasteiger charge is 2.22. The van der Waals surface area contributed by atoms with Gasteiger partial charge >= 0.3 is 0 Å². The third-order valence-corrected chi connectivity index (χ3v) is 5.52. The lowest BCUT2D eigenvalue weighted by atomic mass is 9.99. The number of hydrogen-bond acceptors (Lipinski definition) is 4. The van der Waals surface area contributed by atoms with Crippen molar-refractivity contribution in [1.29, 1.82) is 5.26 Å². The highest BCUT2D eigenvalue weighted by atomic mass is 32.2. The Morgan fingerprint density at radius 3 is 2.54 bits per heavy atom. The first-order valence-corrected chi connectivity index (χ1v) is 8.99. The second-order valence-corrected chi connectivity index (χ2v) is 7.35. The number of rotatable bonds is 4. The maximum atomic E-state index is 12.6. The van der Waals surface area contributed by atoms with E-state index in [2.05, 4.69) is 10.8 Å². The Labute approximate surface area is 141 Å². The molecule has 0 heterocycles. The molecular formula is C18H17N3O2S. The van der Waals surface area contributed by atoms with Crippen molar-refractivity contribution in [3.8, 4) is 6.07 Å². The van der Waals surface area contributed by atoms with E-state index in [1.165, 1.54) is 12.1 Å². The van der Waals surface area contributed by atoms with Gasteiger partial charge in [0, 0.05) is 12.1 Å². The summed E-state index contributed by atoms with van der Waals surface area (Å²) in [6, 6.07) is 12.2. The quantitative estimate of drug-likeness (QED) is 0.895. The normalized spacial score (nSPS) is 13.1. The summed E-state index contributed by atoms with van der Waals surface area (Å²) in [6.07, 6.45) is 2.37. The number of nitrogens with one attached hydrogen (secondary N) is 1. The molecular weight excluding hydrogens is 322 g/mol. The van der Waals surface area contributed by atoms with Crippen LogP contribution in [0.4, 0.5) is 5.69 Å². The molecule has 0 spiro atoms. The Balaban J connectivity index is 1.97. The van der Waals surface area contributed by atoms with Crippen molar-refractivity contribution < 1.29 is 8.42 Å². The van der Waals surface area contributed by atoms with Gasteiger partial charge in [0.05, 0.1) is 22.2 Å². The van der Waals surface area contributed by atoms with Gasteiger partial charge < -0.3 is 5.73 Å². The molecule has 2 aromatic carbocycles. The molecule has 0 bridgehead atoms. The molecule has 3 N–H and O–H groups in total. The molecule has 6 heteroatoms. The summed E-state index contributed by atoms with van der Waals surface area (Å²) in [5, 5.41) is 9.22. The molecule has 0 fully saturated rings. The molecule has 0 amide bonds. The van der Waals surface area contributed by atoms with Gasteiger partial charge in [-0.25, -0.2) is 8.42 Å². The highest BCUT2D eigenvalue weighted by molar-refractivity contribution is 7.92. The fourth-order valence-electron chi connectivity index (χ4n) is 2.86. The lowest BCUT2D eigenvalue weighted by molar-refractivity contribution is 0.601. The summed E-state index contributed by atoms with van der Waals surface area (Å²) in [7, 11) is -3.69. The number of allylic oxidation sites excluding steroid dienone is 2. The average Bonchev–Trinajstić information content (AvgIpc) is 3.02. The van der Waals surface area contributed by atoms with Crippen molar-refractivity contribution in [2.45, 2.75) is 24.8 Å². The van der Waals surface area contributed by atoms with Crippen LogP contribution in [0.3, 0.4) is 0 Å². The SMILES string of the molecule is Cc1ccc(NS(=O)(=O)c2ccc(CN)cc2)c2c1C(C#N)=CC2. The molecule has 0 atom stereocenters. The number of nitrogens with two attached hydrogens (primary N) is 1. The molecule has 122 valence electrons. The summed E-state index contributed by atoms with van der Waals surface area (Å²) < 4.78 is 27.9. The molecule has 0 saturated carbocycles. The average molecular weight is 339 g/mol. The summed E-state index contributed by atoms with van der Waals surface area (Å²) in [4.78, 5) is 0.181. The molecule has 0 unspecified atom stereocenters. The Kier molecular flexibility index (Phi) is 4.14. The van der Waals surface area contributed by atoms with Crippen LogP contribution in [0.15, 0.2) is 47.4 Å². The van der Waals surface area contributed by atoms with Crippen molar-refractivity contribution in [2.75, 3.05) is 4.72 Å². The second-order valence-electron chi connectivity index (χ2n) is 5.67. The highest BCUT2D eigenvalue weighted by Crippen LogP contribution is 2.35. The van der Waals surface area contributed by atoms with Gasteiger partial charge in [0.2, 0.25) is 0 Å². The van der Waals surface area contributed by atoms with E-state index in [1.807, 2.05) is 19.1 Å². The van der Waals surface area contributed by atoms with Crippen LogP contribution >= 0.6 is 0 Å². The van der Waals surface area contributed by atoms with Crippen molar-refractivity contribution >= 4 is 21.3 Å². The first kappa shape index (κ1) is 16.2. The number of benzene rings is 2. The maximum Gasteiger partial charge on any atom is 0.261 e. The van der Waals surface area contributed by atoms with Gasteiger partial charge in [-0.05, 0) is 48.2 Å². The van der Waals surface area contributed by atoms with Gasteiger partial charge in [-0.15, -0.1) is 0 Å². The minimum Gasteiger partial charge on any atom is -0.326 e. The van der Waals surface area contributed by atoms with Gasteiger partial charge in [-0.3, -0.25) is 4.72 Å². The smallest absolute Gasteiger partial charge is 0.261 e. The van der Waals surface area contributed by atoms with E-state index in [9.17, 15) is 13.7 Å². The van der Waals surface area contributed by atoms with Gasteiger partial charge in [-0.1, -0.05) is 24.3 Å². The number of hydrogen-bond donors (Lipinski definition) is 2. The molecule has 2 aromatic rings. The van der Waals surface area contributed by atoms with Crippen molar-refractivity contribution in [2.24, 2.45) is 5.73 Å². The van der Waals surface area contributed by atoms with Crippen LogP contribution in [-0.4, -0.2) is 8.42 Å². The van der Waals surface area contributed by atoms with Crippen molar-refractivity contribution in [3.05, 3.63) is 64.7 Å². The minimum absolute atomic E-state index is 0.181. The fourth-order valence-corrected chi connectivity index (χ4v) is 3.96. The zero-order chi connectivity index (χ0) is 17.3. The Morgan fingerprint density at radius 1 is 1.21 bits per heavy atom. The predicted octanol–water partition coefficient (Wildman–Crippen LogP) is 2.72. The monoisotopic (exact) mass is 339 g/mol. The molecule has 0 saturated heterocycles. The number of aryl methyl sites for hydroxylation is 1. The van der Waals surface area contributed by atoms with Gasteiger partial charge in [0.15, 0.2) is 0 Å². The van der Waals surface area contributed by atoms with Crippen molar-refractivity contribution in [1.82, 2.24) is 0 Å². The van der Waals surface area contributed by atoms with Crippen LogP contribution in [-0.2, 0) is 23.0 Å². The Bertz CT molecular complexity index is 969. The molecule has 3 rings (SSSR count). The number of nitrogens with zero attached hydrogens (tertiary/aromatic N) is 1. The third-order valence-electron chi connectivity index (χ3n) is 4.14. The largest absolute Gasteiger partial charge is 0.326 e. The number of sulfonamides is 1. The van der Waals surface area contributed by atoms with E-state index in [1.54, 1.807) is 18.2 Å². The first-order chi connectivity index (χ1) is 11.5. The van der Waals surface area contributed by atoms with Gasteiger partial charge in [-0.2, -0.15) is 5.26 Å². The van der Waals surface area contributed by atoms with E-state index in [4.69, 9.17) is 5.73 Å². The molecule has 5 nitrogen and oxygen atoms in total. The molecule has 0 aromatic heterocycles. The van der Waals surface area contributed by atoms with Crippen LogP contribution in [0, 0.1) is 18.3 Å². The summed E-state index contributed by atoms with van der Waals surface area (Å²) in [6.45, 7) is 2.28. The maximum absolute atomic E-state index is 12.6. The number of anilines is 1. The summed E-state index contributed by atoms with van der Waals surface area (Å²) >= 11 is 0. The molecule has 1 aliphatic carbocycles. The molecule has 0 aliphatic heterocycles.